The molecule has 0 atom stereocenters. The van der Waals surface area contributed by atoms with Gasteiger partial charge in [0.05, 0.1) is 22.5 Å². The average molecular weight is 335 g/mol. The van der Waals surface area contributed by atoms with Gasteiger partial charge in [0.1, 0.15) is 5.82 Å². The molecule has 1 aliphatic heterocycles. The molecule has 0 unspecified atom stereocenters. The third kappa shape index (κ3) is 1.72. The Morgan fingerprint density at radius 1 is 1.05 bits per heavy atom. The molecule has 2 N–H and O–H groups in total. The van der Waals surface area contributed by atoms with Crippen LogP contribution in [0.15, 0.2) is 40.9 Å². The third-order valence-electron chi connectivity index (χ3n) is 3.08. The second-order valence-corrected chi connectivity index (χ2v) is 5.17. The summed E-state index contributed by atoms with van der Waals surface area (Å²) < 4.78 is 13.5. The van der Waals surface area contributed by atoms with Crippen molar-refractivity contribution in [3.63, 3.8) is 0 Å². The van der Waals surface area contributed by atoms with E-state index in [2.05, 4.69) is 15.9 Å². The van der Waals surface area contributed by atoms with Gasteiger partial charge in [0.2, 0.25) is 0 Å². The molecule has 4 nitrogen and oxygen atoms in total. The van der Waals surface area contributed by atoms with Gasteiger partial charge in [-0.15, -0.1) is 0 Å². The Kier molecular flexibility index (Phi) is 2.83. The number of carbonyl (C=O) groups is 2. The van der Waals surface area contributed by atoms with Crippen LogP contribution in [-0.4, -0.2) is 11.8 Å². The fourth-order valence-electron chi connectivity index (χ4n) is 2.21. The van der Waals surface area contributed by atoms with Crippen LogP contribution in [0.1, 0.15) is 20.7 Å². The summed E-state index contributed by atoms with van der Waals surface area (Å²) in [6.07, 6.45) is 0. The van der Waals surface area contributed by atoms with Crippen LogP contribution in [0.4, 0.5) is 15.8 Å². The first-order valence-electron chi connectivity index (χ1n) is 5.73. The number of anilines is 2. The van der Waals surface area contributed by atoms with Gasteiger partial charge in [0.15, 0.2) is 0 Å². The molecule has 0 saturated heterocycles. The van der Waals surface area contributed by atoms with E-state index in [9.17, 15) is 14.0 Å². The van der Waals surface area contributed by atoms with Crippen molar-refractivity contribution in [1.82, 2.24) is 0 Å². The Labute approximate surface area is 122 Å². The van der Waals surface area contributed by atoms with Crippen LogP contribution in [0.5, 0.6) is 0 Å². The molecule has 1 heterocycles. The van der Waals surface area contributed by atoms with Crippen molar-refractivity contribution in [2.45, 2.75) is 0 Å². The second-order valence-electron chi connectivity index (χ2n) is 4.32. The number of hydrogen-bond donors (Lipinski definition) is 1. The monoisotopic (exact) mass is 334 g/mol. The number of rotatable bonds is 1. The van der Waals surface area contributed by atoms with E-state index in [1.807, 2.05) is 0 Å². The third-order valence-corrected chi connectivity index (χ3v) is 3.68. The Bertz CT molecular complexity index is 703. The van der Waals surface area contributed by atoms with E-state index in [4.69, 9.17) is 5.73 Å². The van der Waals surface area contributed by atoms with Crippen molar-refractivity contribution in [3.05, 3.63) is 57.8 Å². The van der Waals surface area contributed by atoms with Crippen molar-refractivity contribution >= 4 is 39.1 Å². The molecular weight excluding hydrogens is 327 g/mol. The topological polar surface area (TPSA) is 63.4 Å². The highest BCUT2D eigenvalue weighted by molar-refractivity contribution is 9.10. The highest BCUT2D eigenvalue weighted by atomic mass is 79.9. The molecule has 2 aromatic carbocycles. The van der Waals surface area contributed by atoms with E-state index in [0.717, 1.165) is 17.0 Å². The Hall–Kier alpha value is -2.21. The van der Waals surface area contributed by atoms with Crippen molar-refractivity contribution in [2.24, 2.45) is 0 Å². The van der Waals surface area contributed by atoms with Crippen LogP contribution < -0.4 is 10.6 Å². The highest BCUT2D eigenvalue weighted by Crippen LogP contribution is 2.38. The van der Waals surface area contributed by atoms with Crippen molar-refractivity contribution in [2.75, 3.05) is 10.6 Å². The first-order chi connectivity index (χ1) is 9.50. The number of carbonyl (C=O) groups excluding carboxylic acids is 2. The molecule has 2 amide bonds. The van der Waals surface area contributed by atoms with Crippen LogP contribution in [0, 0.1) is 5.82 Å². The molecular formula is C14H8BrFN2O2. The number of amides is 2. The Morgan fingerprint density at radius 2 is 1.60 bits per heavy atom. The minimum absolute atomic E-state index is 0.0198. The molecule has 3 rings (SSSR count). The molecule has 6 heteroatoms. The lowest BCUT2D eigenvalue weighted by molar-refractivity contribution is 0.0926. The summed E-state index contributed by atoms with van der Waals surface area (Å²) in [4.78, 5) is 25.6. The van der Waals surface area contributed by atoms with Gasteiger partial charge >= 0.3 is 0 Å². The Morgan fingerprint density at radius 3 is 2.10 bits per heavy atom. The fourth-order valence-corrected chi connectivity index (χ4v) is 2.84. The molecule has 0 spiro atoms. The predicted molar refractivity (Wildman–Crippen MR) is 76.1 cm³/mol. The van der Waals surface area contributed by atoms with Crippen LogP contribution >= 0.6 is 15.9 Å². The SMILES string of the molecule is Nc1cc(F)cc(Br)c1N1C(=O)c2ccccc2C1=O. The molecule has 20 heavy (non-hydrogen) atoms. The molecule has 1 aliphatic rings. The van der Waals surface area contributed by atoms with Crippen LogP contribution in [0.3, 0.4) is 0 Å². The number of imide groups is 1. The fraction of sp³-hybridized carbons (Fsp3) is 0. The normalized spacial score (nSPS) is 13.8. The van der Waals surface area contributed by atoms with E-state index < -0.39 is 17.6 Å². The highest BCUT2D eigenvalue weighted by Gasteiger charge is 2.38. The smallest absolute Gasteiger partial charge is 0.266 e. The van der Waals surface area contributed by atoms with Crippen molar-refractivity contribution in [1.29, 1.82) is 0 Å². The number of hydrogen-bond acceptors (Lipinski definition) is 3. The first-order valence-corrected chi connectivity index (χ1v) is 6.52. The summed E-state index contributed by atoms with van der Waals surface area (Å²) in [5, 5.41) is 0. The molecule has 0 fully saturated rings. The van der Waals surface area contributed by atoms with Gasteiger partial charge < -0.3 is 5.73 Å². The van der Waals surface area contributed by atoms with Gasteiger partial charge in [-0.2, -0.15) is 0 Å². The van der Waals surface area contributed by atoms with Gasteiger partial charge in [0.25, 0.3) is 11.8 Å². The van der Waals surface area contributed by atoms with E-state index in [1.165, 1.54) is 0 Å². The summed E-state index contributed by atoms with van der Waals surface area (Å²) in [5.41, 5.74) is 6.56. The summed E-state index contributed by atoms with van der Waals surface area (Å²) in [6, 6.07) is 8.73. The lowest BCUT2D eigenvalue weighted by Crippen LogP contribution is -2.30. The number of fused-ring (bicyclic) bond motifs is 1. The number of nitrogen functional groups attached to an aromatic ring is 1. The van der Waals surface area contributed by atoms with Crippen molar-refractivity contribution < 1.29 is 14.0 Å². The molecule has 100 valence electrons. The van der Waals surface area contributed by atoms with Gasteiger partial charge in [-0.1, -0.05) is 12.1 Å². The zero-order chi connectivity index (χ0) is 14.4. The lowest BCUT2D eigenvalue weighted by Gasteiger charge is -2.18. The number of nitrogens with zero attached hydrogens (tertiary/aromatic N) is 1. The molecule has 2 aromatic rings. The average Bonchev–Trinajstić information content (AvgIpc) is 2.64. The molecule has 0 saturated carbocycles. The molecule has 0 aromatic heterocycles. The maximum atomic E-state index is 13.3. The minimum Gasteiger partial charge on any atom is -0.397 e. The number of benzene rings is 2. The van der Waals surface area contributed by atoms with E-state index in [1.54, 1.807) is 24.3 Å². The predicted octanol–water partition coefficient (Wildman–Crippen LogP) is 2.97. The molecule has 0 radical (unpaired) electrons. The van der Waals surface area contributed by atoms with E-state index in [-0.39, 0.29) is 15.8 Å². The summed E-state index contributed by atoms with van der Waals surface area (Å²) in [5.74, 6) is -1.48. The quantitative estimate of drug-likeness (QED) is 0.644. The van der Waals surface area contributed by atoms with Gasteiger partial charge in [0, 0.05) is 4.47 Å². The largest absolute Gasteiger partial charge is 0.397 e. The number of halogens is 2. The maximum Gasteiger partial charge on any atom is 0.266 e. The first kappa shape index (κ1) is 12.8. The molecule has 0 bridgehead atoms. The summed E-state index contributed by atoms with van der Waals surface area (Å²) >= 11 is 3.14. The zero-order valence-electron chi connectivity index (χ0n) is 10.1. The van der Waals surface area contributed by atoms with Gasteiger partial charge in [-0.25, -0.2) is 9.29 Å². The van der Waals surface area contributed by atoms with Crippen LogP contribution in [0.25, 0.3) is 0 Å². The van der Waals surface area contributed by atoms with Gasteiger partial charge in [-0.05, 0) is 40.2 Å². The van der Waals surface area contributed by atoms with Crippen molar-refractivity contribution in [3.8, 4) is 0 Å². The summed E-state index contributed by atoms with van der Waals surface area (Å²) in [6.45, 7) is 0. The Balaban J connectivity index is 2.19. The molecule has 0 aliphatic carbocycles. The second kappa shape index (κ2) is 4.42. The standard InChI is InChI=1S/C14H8BrFN2O2/c15-10-5-7(16)6-11(17)12(10)18-13(19)8-3-1-2-4-9(8)14(18)20/h1-6H,17H2. The van der Waals surface area contributed by atoms with E-state index in [0.29, 0.717) is 11.1 Å². The van der Waals surface area contributed by atoms with Crippen LogP contribution in [0.2, 0.25) is 0 Å². The zero-order valence-corrected chi connectivity index (χ0v) is 11.6. The van der Waals surface area contributed by atoms with E-state index >= 15 is 0 Å². The van der Waals surface area contributed by atoms with Gasteiger partial charge in [-0.3, -0.25) is 9.59 Å². The van der Waals surface area contributed by atoms with Crippen LogP contribution in [-0.2, 0) is 0 Å². The summed E-state index contributed by atoms with van der Waals surface area (Å²) in [7, 11) is 0. The minimum atomic E-state index is -0.547. The number of nitrogens with two attached hydrogens (primary N) is 1. The lowest BCUT2D eigenvalue weighted by atomic mass is 10.1. The maximum absolute atomic E-state index is 13.3.